The van der Waals surface area contributed by atoms with Gasteiger partial charge in [-0.05, 0) is 47.2 Å². The molecule has 2 aliphatic rings. The Morgan fingerprint density at radius 3 is 2.71 bits per heavy atom. The molecule has 8 heteroatoms. The smallest absolute Gasteiger partial charge is 0.410 e. The number of hydrogen-bond donors (Lipinski definition) is 0. The van der Waals surface area contributed by atoms with Crippen LogP contribution in [0, 0.1) is 5.92 Å². The Kier molecular flexibility index (Phi) is 7.21. The van der Waals surface area contributed by atoms with Crippen molar-refractivity contribution < 1.29 is 28.5 Å². The second-order valence-corrected chi connectivity index (χ2v) is 8.49. The van der Waals surface area contributed by atoms with E-state index in [1.54, 1.807) is 4.90 Å². The van der Waals surface area contributed by atoms with Crippen molar-refractivity contribution in [2.24, 2.45) is 5.92 Å². The molecule has 7 nitrogen and oxygen atoms in total. The van der Waals surface area contributed by atoms with Crippen molar-refractivity contribution >= 4 is 23.4 Å². The van der Waals surface area contributed by atoms with Crippen LogP contribution < -0.4 is 0 Å². The van der Waals surface area contributed by atoms with Gasteiger partial charge < -0.3 is 18.9 Å². The molecule has 3 heterocycles. The van der Waals surface area contributed by atoms with Crippen LogP contribution in [0.3, 0.4) is 0 Å². The number of carbonyl (C=O) groups is 2. The van der Waals surface area contributed by atoms with E-state index in [9.17, 15) is 9.59 Å². The molecule has 4 unspecified atom stereocenters. The van der Waals surface area contributed by atoms with Gasteiger partial charge in [-0.1, -0.05) is 30.3 Å². The second-order valence-electron chi connectivity index (χ2n) is 7.71. The molecule has 0 radical (unpaired) electrons. The fourth-order valence-electron chi connectivity index (χ4n) is 4.20. The summed E-state index contributed by atoms with van der Waals surface area (Å²) in [6.07, 6.45) is 1.38. The van der Waals surface area contributed by atoms with E-state index in [1.807, 2.05) is 47.2 Å². The van der Waals surface area contributed by atoms with Crippen LogP contribution in [0.1, 0.15) is 36.4 Å². The molecule has 2 saturated heterocycles. The maximum Gasteiger partial charge on any atom is 0.410 e. The molecule has 2 aromatic rings. The highest BCUT2D eigenvalue weighted by atomic mass is 32.1. The number of ether oxygens (including phenoxy) is 4. The quantitative estimate of drug-likeness (QED) is 0.622. The Morgan fingerprint density at radius 1 is 1.19 bits per heavy atom. The van der Waals surface area contributed by atoms with Crippen LogP contribution in [0.25, 0.3) is 0 Å². The minimum atomic E-state index is -0.658. The molecule has 31 heavy (non-hydrogen) atoms. The summed E-state index contributed by atoms with van der Waals surface area (Å²) in [6, 6.07) is 10.9. The Morgan fingerprint density at radius 2 is 2.03 bits per heavy atom. The van der Waals surface area contributed by atoms with Gasteiger partial charge >= 0.3 is 12.1 Å². The number of nitrogens with zero attached hydrogens (tertiary/aromatic N) is 1. The van der Waals surface area contributed by atoms with E-state index >= 15 is 0 Å². The molecule has 0 spiro atoms. The van der Waals surface area contributed by atoms with Crippen molar-refractivity contribution in [3.63, 3.8) is 0 Å². The molecule has 166 valence electrons. The first-order valence-electron chi connectivity index (χ1n) is 10.5. The summed E-state index contributed by atoms with van der Waals surface area (Å²) in [5.41, 5.74) is 1.77. The first-order valence-corrected chi connectivity index (χ1v) is 11.5. The van der Waals surface area contributed by atoms with E-state index in [0.717, 1.165) is 30.4 Å². The summed E-state index contributed by atoms with van der Waals surface area (Å²) in [7, 11) is 1.36. The molecule has 0 saturated carbocycles. The third kappa shape index (κ3) is 5.08. The average molecular weight is 446 g/mol. The zero-order valence-corrected chi connectivity index (χ0v) is 18.3. The number of methoxy groups -OCH3 is 1. The van der Waals surface area contributed by atoms with E-state index in [2.05, 4.69) is 0 Å². The van der Waals surface area contributed by atoms with Gasteiger partial charge in [-0.3, -0.25) is 9.69 Å². The number of thiophene rings is 1. The summed E-state index contributed by atoms with van der Waals surface area (Å²) in [5, 5.41) is 3.87. The maximum absolute atomic E-state index is 13.1. The van der Waals surface area contributed by atoms with Crippen molar-refractivity contribution in [3.8, 4) is 0 Å². The van der Waals surface area contributed by atoms with Crippen LogP contribution in [-0.2, 0) is 30.3 Å². The van der Waals surface area contributed by atoms with Gasteiger partial charge in [-0.15, -0.1) is 0 Å². The first-order chi connectivity index (χ1) is 15.2. The molecular weight excluding hydrogens is 418 g/mol. The Labute approximate surface area is 185 Å². The summed E-state index contributed by atoms with van der Waals surface area (Å²) >= 11 is 1.51. The van der Waals surface area contributed by atoms with Gasteiger partial charge in [0, 0.05) is 6.61 Å². The highest BCUT2D eigenvalue weighted by molar-refractivity contribution is 7.08. The molecule has 0 N–H and O–H groups in total. The minimum absolute atomic E-state index is 0.159. The van der Waals surface area contributed by atoms with Gasteiger partial charge in [0.25, 0.3) is 0 Å². The lowest BCUT2D eigenvalue weighted by atomic mass is 9.93. The van der Waals surface area contributed by atoms with Crippen molar-refractivity contribution in [2.75, 3.05) is 20.3 Å². The second kappa shape index (κ2) is 10.3. The number of likely N-dealkylation sites (tertiary alicyclic amines) is 1. The van der Waals surface area contributed by atoms with Crippen LogP contribution >= 0.6 is 11.3 Å². The maximum atomic E-state index is 13.1. The van der Waals surface area contributed by atoms with Gasteiger partial charge in [0.15, 0.2) is 6.29 Å². The molecule has 4 rings (SSSR count). The van der Waals surface area contributed by atoms with Gasteiger partial charge in [-0.2, -0.15) is 11.3 Å². The number of amides is 1. The molecular formula is C23H27NO6S. The van der Waals surface area contributed by atoms with Crippen LogP contribution in [0.4, 0.5) is 4.79 Å². The first kappa shape index (κ1) is 21.8. The van der Waals surface area contributed by atoms with Gasteiger partial charge in [0.1, 0.15) is 12.5 Å². The predicted molar refractivity (Wildman–Crippen MR) is 114 cm³/mol. The standard InChI is InChI=1S/C23H27NO6S/c1-27-22(25)20-18(30-19-9-5-6-11-28-19)13-24(21(20)17-10-12-31-15-17)23(26)29-14-16-7-3-2-4-8-16/h2-4,7-8,10,12,15,18-21H,5-6,9,11,13-14H2,1H3. The Bertz CT molecular complexity index is 852. The molecule has 2 aliphatic heterocycles. The number of hydrogen-bond acceptors (Lipinski definition) is 7. The zero-order valence-electron chi connectivity index (χ0n) is 17.5. The SMILES string of the molecule is COC(=O)C1C(OC2CCCCO2)CN(C(=O)OCc2ccccc2)C1c1ccsc1. The summed E-state index contributed by atoms with van der Waals surface area (Å²) in [6.45, 7) is 1.03. The van der Waals surface area contributed by atoms with E-state index in [4.69, 9.17) is 18.9 Å². The van der Waals surface area contributed by atoms with E-state index < -0.39 is 30.1 Å². The fourth-order valence-corrected chi connectivity index (χ4v) is 4.89. The van der Waals surface area contributed by atoms with Crippen molar-refractivity contribution in [2.45, 2.75) is 44.3 Å². The molecule has 4 atom stereocenters. The normalized spacial score (nSPS) is 25.9. The fraction of sp³-hybridized carbons (Fsp3) is 0.478. The van der Waals surface area contributed by atoms with E-state index in [0.29, 0.717) is 6.61 Å². The summed E-state index contributed by atoms with van der Waals surface area (Å²) in [4.78, 5) is 27.5. The van der Waals surface area contributed by atoms with Crippen molar-refractivity contribution in [1.29, 1.82) is 0 Å². The molecule has 1 aromatic carbocycles. The van der Waals surface area contributed by atoms with Gasteiger partial charge in [-0.25, -0.2) is 4.79 Å². The van der Waals surface area contributed by atoms with Crippen LogP contribution in [0.2, 0.25) is 0 Å². The van der Waals surface area contributed by atoms with Crippen LogP contribution in [0.5, 0.6) is 0 Å². The molecule has 1 aromatic heterocycles. The van der Waals surface area contributed by atoms with Crippen LogP contribution in [0.15, 0.2) is 47.2 Å². The van der Waals surface area contributed by atoms with E-state index in [-0.39, 0.29) is 19.4 Å². The number of benzene rings is 1. The van der Waals surface area contributed by atoms with Gasteiger partial charge in [0.05, 0.1) is 25.8 Å². The monoisotopic (exact) mass is 445 g/mol. The highest BCUT2D eigenvalue weighted by Gasteiger charge is 2.51. The Hall–Kier alpha value is -2.42. The Balaban J connectivity index is 1.55. The topological polar surface area (TPSA) is 74.3 Å². The third-order valence-corrected chi connectivity index (χ3v) is 6.42. The average Bonchev–Trinajstić information content (AvgIpc) is 3.46. The van der Waals surface area contributed by atoms with Crippen molar-refractivity contribution in [1.82, 2.24) is 4.90 Å². The molecule has 0 aliphatic carbocycles. The highest BCUT2D eigenvalue weighted by Crippen LogP contribution is 2.41. The lowest BCUT2D eigenvalue weighted by Crippen LogP contribution is -2.36. The molecule has 0 bridgehead atoms. The number of esters is 1. The summed E-state index contributed by atoms with van der Waals surface area (Å²) in [5.74, 6) is -1.07. The largest absolute Gasteiger partial charge is 0.469 e. The predicted octanol–water partition coefficient (Wildman–Crippen LogP) is 4.14. The molecule has 1 amide bonds. The lowest BCUT2D eigenvalue weighted by Gasteiger charge is -2.28. The van der Waals surface area contributed by atoms with Crippen molar-refractivity contribution in [3.05, 3.63) is 58.3 Å². The van der Waals surface area contributed by atoms with E-state index in [1.165, 1.54) is 18.4 Å². The third-order valence-electron chi connectivity index (χ3n) is 5.72. The van der Waals surface area contributed by atoms with Gasteiger partial charge in [0.2, 0.25) is 0 Å². The molecule has 2 fully saturated rings. The van der Waals surface area contributed by atoms with Crippen LogP contribution in [-0.4, -0.2) is 49.6 Å². The summed E-state index contributed by atoms with van der Waals surface area (Å²) < 4.78 is 22.6. The lowest BCUT2D eigenvalue weighted by molar-refractivity contribution is -0.197. The number of rotatable bonds is 6. The minimum Gasteiger partial charge on any atom is -0.469 e. The number of carbonyl (C=O) groups excluding carboxylic acids is 2. The zero-order chi connectivity index (χ0) is 21.6.